The average Bonchev–Trinajstić information content (AvgIpc) is 2.94. The molecule has 0 aromatic heterocycles. The van der Waals surface area contributed by atoms with E-state index in [2.05, 4.69) is 10.3 Å². The van der Waals surface area contributed by atoms with Crippen molar-refractivity contribution in [3.63, 3.8) is 0 Å². The SMILES string of the molecule is CC1=NC(=O)N(CCCN(C)C(=O)Nc2ccc(-c3ccccc3)cc2)C(c2cccc(Cl)c2)C1C(=O)OC(C)C. The molecule has 41 heavy (non-hydrogen) atoms. The van der Waals surface area contributed by atoms with E-state index in [9.17, 15) is 14.4 Å². The molecule has 4 rings (SSSR count). The van der Waals surface area contributed by atoms with Gasteiger partial charge in [0, 0.05) is 36.6 Å². The van der Waals surface area contributed by atoms with E-state index in [-0.39, 0.29) is 18.7 Å². The Labute approximate surface area is 246 Å². The Kier molecular flexibility index (Phi) is 9.78. The van der Waals surface area contributed by atoms with E-state index in [0.29, 0.717) is 29.4 Å². The van der Waals surface area contributed by atoms with Crippen LogP contribution in [0.1, 0.15) is 38.8 Å². The number of esters is 1. The topological polar surface area (TPSA) is 91.3 Å². The highest BCUT2D eigenvalue weighted by Gasteiger charge is 2.43. The molecule has 1 N–H and O–H groups in total. The summed E-state index contributed by atoms with van der Waals surface area (Å²) in [6.45, 7) is 5.89. The summed E-state index contributed by atoms with van der Waals surface area (Å²) in [5.41, 5.74) is 3.97. The molecule has 0 saturated heterocycles. The Morgan fingerprint density at radius 2 is 1.71 bits per heavy atom. The maximum absolute atomic E-state index is 13.2. The largest absolute Gasteiger partial charge is 0.462 e. The number of ether oxygens (including phenoxy) is 1. The van der Waals surface area contributed by atoms with Crippen molar-refractivity contribution >= 4 is 41.0 Å². The highest BCUT2D eigenvalue weighted by Crippen LogP contribution is 2.36. The number of aliphatic imine (C=N–C) groups is 1. The summed E-state index contributed by atoms with van der Waals surface area (Å²) >= 11 is 6.28. The number of benzene rings is 3. The predicted molar refractivity (Wildman–Crippen MR) is 162 cm³/mol. The van der Waals surface area contributed by atoms with Crippen molar-refractivity contribution in [3.05, 3.63) is 89.4 Å². The quantitative estimate of drug-likeness (QED) is 0.277. The van der Waals surface area contributed by atoms with Crippen molar-refractivity contribution in [1.82, 2.24) is 9.80 Å². The Hall–Kier alpha value is -4.17. The minimum absolute atomic E-state index is 0.263. The normalized spacial score (nSPS) is 16.8. The molecule has 0 radical (unpaired) electrons. The number of anilines is 1. The lowest BCUT2D eigenvalue weighted by atomic mass is 9.86. The van der Waals surface area contributed by atoms with Crippen LogP contribution in [0.5, 0.6) is 0 Å². The van der Waals surface area contributed by atoms with Crippen LogP contribution in [0.25, 0.3) is 11.1 Å². The average molecular weight is 575 g/mol. The molecule has 2 atom stereocenters. The summed E-state index contributed by atoms with van der Waals surface area (Å²) in [7, 11) is 1.70. The molecule has 0 aliphatic carbocycles. The first-order valence-corrected chi connectivity index (χ1v) is 14.0. The second-order valence-electron chi connectivity index (χ2n) is 10.3. The van der Waals surface area contributed by atoms with Crippen molar-refractivity contribution < 1.29 is 19.1 Å². The second-order valence-corrected chi connectivity index (χ2v) is 10.8. The Balaban J connectivity index is 1.42. The van der Waals surface area contributed by atoms with E-state index in [1.807, 2.05) is 60.7 Å². The number of carbonyl (C=O) groups excluding carboxylic acids is 3. The lowest BCUT2D eigenvalue weighted by molar-refractivity contribution is -0.151. The molecule has 8 nitrogen and oxygen atoms in total. The monoisotopic (exact) mass is 574 g/mol. The van der Waals surface area contributed by atoms with Gasteiger partial charge < -0.3 is 19.9 Å². The van der Waals surface area contributed by atoms with Gasteiger partial charge in [-0.1, -0.05) is 66.2 Å². The third-order valence-electron chi connectivity index (χ3n) is 6.90. The van der Waals surface area contributed by atoms with Crippen molar-refractivity contribution in [2.24, 2.45) is 10.9 Å². The minimum Gasteiger partial charge on any atom is -0.462 e. The fourth-order valence-electron chi connectivity index (χ4n) is 4.89. The van der Waals surface area contributed by atoms with E-state index in [1.54, 1.807) is 55.8 Å². The van der Waals surface area contributed by atoms with Gasteiger partial charge in [0.25, 0.3) is 0 Å². The highest BCUT2D eigenvalue weighted by molar-refractivity contribution is 6.30. The van der Waals surface area contributed by atoms with Crippen LogP contribution in [0.2, 0.25) is 5.02 Å². The van der Waals surface area contributed by atoms with Gasteiger partial charge in [-0.25, -0.2) is 14.6 Å². The second kappa shape index (κ2) is 13.5. The number of hydrogen-bond acceptors (Lipinski definition) is 4. The fourth-order valence-corrected chi connectivity index (χ4v) is 5.09. The summed E-state index contributed by atoms with van der Waals surface area (Å²) in [4.78, 5) is 46.4. The smallest absolute Gasteiger partial charge is 0.344 e. The van der Waals surface area contributed by atoms with Crippen LogP contribution in [-0.4, -0.2) is 59.8 Å². The maximum atomic E-state index is 13.2. The number of halogens is 1. The van der Waals surface area contributed by atoms with Crippen LogP contribution < -0.4 is 5.32 Å². The zero-order valence-corrected chi connectivity index (χ0v) is 24.5. The fraction of sp³-hybridized carbons (Fsp3) is 0.312. The van der Waals surface area contributed by atoms with E-state index < -0.39 is 24.0 Å². The number of urea groups is 2. The molecule has 0 fully saturated rings. The third-order valence-corrected chi connectivity index (χ3v) is 7.13. The number of carbonyl (C=O) groups is 3. The van der Waals surface area contributed by atoms with Crippen LogP contribution in [0.3, 0.4) is 0 Å². The molecule has 2 unspecified atom stereocenters. The van der Waals surface area contributed by atoms with Gasteiger partial charge in [0.05, 0.1) is 12.1 Å². The standard InChI is InChI=1S/C32H35ClN4O4/c1-21(2)41-30(38)28-22(3)34-32(40)37(29(28)25-12-8-13-26(33)20-25)19-9-18-36(4)31(39)35-27-16-14-24(15-17-27)23-10-6-5-7-11-23/h5-8,10-17,20-21,28-29H,9,18-19H2,1-4H3,(H,35,39). The van der Waals surface area contributed by atoms with Crippen LogP contribution in [0, 0.1) is 5.92 Å². The van der Waals surface area contributed by atoms with E-state index in [1.165, 1.54) is 0 Å². The summed E-state index contributed by atoms with van der Waals surface area (Å²) in [6.07, 6.45) is 0.156. The molecular formula is C32H35ClN4O4. The molecule has 3 aromatic rings. The zero-order valence-electron chi connectivity index (χ0n) is 23.7. The molecule has 4 amide bonds. The lowest BCUT2D eigenvalue weighted by Crippen LogP contribution is -2.48. The number of rotatable bonds is 9. The molecule has 1 heterocycles. The summed E-state index contributed by atoms with van der Waals surface area (Å²) < 4.78 is 5.54. The van der Waals surface area contributed by atoms with Gasteiger partial charge in [-0.15, -0.1) is 0 Å². The van der Waals surface area contributed by atoms with Crippen LogP contribution in [-0.2, 0) is 9.53 Å². The van der Waals surface area contributed by atoms with Crippen molar-refractivity contribution in [2.45, 2.75) is 39.3 Å². The Morgan fingerprint density at radius 1 is 1.02 bits per heavy atom. The van der Waals surface area contributed by atoms with Gasteiger partial charge in [0.2, 0.25) is 0 Å². The van der Waals surface area contributed by atoms with Crippen LogP contribution in [0.15, 0.2) is 83.9 Å². The summed E-state index contributed by atoms with van der Waals surface area (Å²) in [5.74, 6) is -1.22. The van der Waals surface area contributed by atoms with Crippen LogP contribution in [0.4, 0.5) is 15.3 Å². The number of nitrogens with one attached hydrogen (secondary N) is 1. The van der Waals surface area contributed by atoms with Crippen molar-refractivity contribution in [1.29, 1.82) is 0 Å². The summed E-state index contributed by atoms with van der Waals surface area (Å²) in [5, 5.41) is 3.41. The van der Waals surface area contributed by atoms with E-state index >= 15 is 0 Å². The first kappa shape index (κ1) is 29.8. The molecule has 1 aliphatic rings. The molecule has 0 bridgehead atoms. The molecule has 0 spiro atoms. The molecule has 214 valence electrons. The number of nitrogens with zero attached hydrogens (tertiary/aromatic N) is 3. The first-order chi connectivity index (χ1) is 19.6. The third kappa shape index (κ3) is 7.52. The van der Waals surface area contributed by atoms with Gasteiger partial charge >= 0.3 is 18.0 Å². The maximum Gasteiger partial charge on any atom is 0.344 e. The predicted octanol–water partition coefficient (Wildman–Crippen LogP) is 7.07. The summed E-state index contributed by atoms with van der Waals surface area (Å²) in [6, 6.07) is 23.5. The molecular weight excluding hydrogens is 540 g/mol. The molecule has 3 aromatic carbocycles. The Morgan fingerprint density at radius 3 is 2.37 bits per heavy atom. The van der Waals surface area contributed by atoms with E-state index in [0.717, 1.165) is 16.7 Å². The number of amides is 4. The molecule has 1 aliphatic heterocycles. The number of hydrogen-bond donors (Lipinski definition) is 1. The highest BCUT2D eigenvalue weighted by atomic mass is 35.5. The lowest BCUT2D eigenvalue weighted by Gasteiger charge is -2.39. The molecule has 9 heteroatoms. The van der Waals surface area contributed by atoms with E-state index in [4.69, 9.17) is 16.3 Å². The van der Waals surface area contributed by atoms with Crippen molar-refractivity contribution in [3.8, 4) is 11.1 Å². The minimum atomic E-state index is -0.770. The van der Waals surface area contributed by atoms with Gasteiger partial charge in [-0.3, -0.25) is 4.79 Å². The van der Waals surface area contributed by atoms with Gasteiger partial charge in [-0.05, 0) is 68.1 Å². The first-order valence-electron chi connectivity index (χ1n) is 13.6. The van der Waals surface area contributed by atoms with Gasteiger partial charge in [0.1, 0.15) is 5.92 Å². The van der Waals surface area contributed by atoms with Crippen LogP contribution >= 0.6 is 11.6 Å². The zero-order chi connectivity index (χ0) is 29.5. The van der Waals surface area contributed by atoms with Gasteiger partial charge in [-0.2, -0.15) is 0 Å². The molecule has 0 saturated carbocycles. The van der Waals surface area contributed by atoms with Gasteiger partial charge in [0.15, 0.2) is 0 Å². The van der Waals surface area contributed by atoms with Crippen molar-refractivity contribution in [2.75, 3.05) is 25.5 Å². The Bertz CT molecular complexity index is 1410.